The van der Waals surface area contributed by atoms with Gasteiger partial charge in [-0.2, -0.15) is 0 Å². The zero-order chi connectivity index (χ0) is 19.4. The number of aryl methyl sites for hydroxylation is 2. The van der Waals surface area contributed by atoms with E-state index in [2.05, 4.69) is 30.1 Å². The van der Waals surface area contributed by atoms with Crippen molar-refractivity contribution in [1.82, 2.24) is 4.98 Å². The number of nitrogens with one attached hydrogen (secondary N) is 1. The van der Waals surface area contributed by atoms with Crippen molar-refractivity contribution in [1.29, 1.82) is 0 Å². The number of methoxy groups -OCH3 is 3. The molecule has 27 heavy (non-hydrogen) atoms. The van der Waals surface area contributed by atoms with Gasteiger partial charge in [0.1, 0.15) is 0 Å². The average molecular weight is 368 g/mol. The van der Waals surface area contributed by atoms with E-state index in [1.54, 1.807) is 21.3 Å². The molecule has 0 saturated heterocycles. The molecule has 3 aromatic rings. The van der Waals surface area contributed by atoms with Gasteiger partial charge in [0.2, 0.25) is 5.75 Å². The zero-order valence-corrected chi connectivity index (χ0v) is 16.5. The summed E-state index contributed by atoms with van der Waals surface area (Å²) in [5.41, 5.74) is 11.5. The minimum atomic E-state index is 0.598. The van der Waals surface area contributed by atoms with E-state index in [1.165, 1.54) is 16.5 Å². The Morgan fingerprint density at radius 2 is 1.63 bits per heavy atom. The molecule has 0 unspecified atom stereocenters. The summed E-state index contributed by atoms with van der Waals surface area (Å²) in [6, 6.07) is 10.5. The number of benzene rings is 2. The molecule has 144 valence electrons. The molecule has 1 heterocycles. The van der Waals surface area contributed by atoms with Gasteiger partial charge in [0.15, 0.2) is 11.5 Å². The van der Waals surface area contributed by atoms with Gasteiger partial charge in [0.05, 0.1) is 21.3 Å². The molecule has 0 amide bonds. The predicted molar refractivity (Wildman–Crippen MR) is 110 cm³/mol. The van der Waals surface area contributed by atoms with E-state index < -0.39 is 0 Å². The van der Waals surface area contributed by atoms with Crippen molar-refractivity contribution in [2.24, 2.45) is 5.73 Å². The molecule has 3 rings (SSSR count). The summed E-state index contributed by atoms with van der Waals surface area (Å²) in [5, 5.41) is 1.26. The van der Waals surface area contributed by atoms with Crippen molar-refractivity contribution in [2.75, 3.05) is 27.9 Å². The second kappa shape index (κ2) is 8.35. The quantitative estimate of drug-likeness (QED) is 0.576. The summed E-state index contributed by atoms with van der Waals surface area (Å²) >= 11 is 0. The molecule has 0 aliphatic rings. The van der Waals surface area contributed by atoms with Crippen LogP contribution >= 0.6 is 0 Å². The maximum absolute atomic E-state index is 5.71. The molecule has 0 aliphatic carbocycles. The van der Waals surface area contributed by atoms with Crippen LogP contribution in [0.25, 0.3) is 22.2 Å². The molecule has 0 bridgehead atoms. The lowest BCUT2D eigenvalue weighted by molar-refractivity contribution is 0.324. The van der Waals surface area contributed by atoms with E-state index in [1.807, 2.05) is 12.1 Å². The van der Waals surface area contributed by atoms with Gasteiger partial charge in [-0.3, -0.25) is 0 Å². The maximum Gasteiger partial charge on any atom is 0.203 e. The fourth-order valence-electron chi connectivity index (χ4n) is 3.54. The normalized spacial score (nSPS) is 11.0. The minimum absolute atomic E-state index is 0.598. The van der Waals surface area contributed by atoms with E-state index in [-0.39, 0.29) is 0 Å². The number of H-pyrrole nitrogens is 1. The topological polar surface area (TPSA) is 69.5 Å². The Kier molecular flexibility index (Phi) is 5.91. The third kappa shape index (κ3) is 3.74. The molecular formula is C22H28N2O3. The van der Waals surface area contributed by atoms with Crippen LogP contribution in [0.15, 0.2) is 30.3 Å². The summed E-state index contributed by atoms with van der Waals surface area (Å²) < 4.78 is 16.5. The number of hydrogen-bond acceptors (Lipinski definition) is 4. The summed E-state index contributed by atoms with van der Waals surface area (Å²) in [6.07, 6.45) is 3.02. The Balaban J connectivity index is 2.19. The number of unbranched alkanes of at least 4 members (excludes halogenated alkanes) is 1. The maximum atomic E-state index is 5.71. The standard InChI is InChI=1S/C22H28N2O3/c1-14-8-9-18-17(11-14)16(7-5-6-10-23)21(24-18)15-12-19(25-2)22(27-4)20(13-15)26-3/h8-9,11-13,24H,5-7,10,23H2,1-4H3. The number of nitrogens with two attached hydrogens (primary N) is 1. The van der Waals surface area contributed by atoms with Crippen molar-refractivity contribution < 1.29 is 14.2 Å². The van der Waals surface area contributed by atoms with Crippen molar-refractivity contribution >= 4 is 10.9 Å². The molecular weight excluding hydrogens is 340 g/mol. The van der Waals surface area contributed by atoms with Crippen molar-refractivity contribution in [2.45, 2.75) is 26.2 Å². The van der Waals surface area contributed by atoms with E-state index in [4.69, 9.17) is 19.9 Å². The van der Waals surface area contributed by atoms with Crippen LogP contribution in [-0.4, -0.2) is 32.9 Å². The minimum Gasteiger partial charge on any atom is -0.493 e. The first-order valence-corrected chi connectivity index (χ1v) is 9.24. The molecule has 0 radical (unpaired) electrons. The molecule has 0 atom stereocenters. The van der Waals surface area contributed by atoms with Crippen LogP contribution in [0.2, 0.25) is 0 Å². The van der Waals surface area contributed by atoms with Gasteiger partial charge in [0.25, 0.3) is 0 Å². The Bertz CT molecular complexity index is 906. The van der Waals surface area contributed by atoms with Crippen LogP contribution in [0.5, 0.6) is 17.2 Å². The first-order chi connectivity index (χ1) is 13.1. The molecule has 1 aromatic heterocycles. The lowest BCUT2D eigenvalue weighted by Crippen LogP contribution is -2.00. The van der Waals surface area contributed by atoms with Crippen molar-refractivity contribution in [3.8, 4) is 28.5 Å². The molecule has 2 aromatic carbocycles. The molecule has 0 spiro atoms. The Morgan fingerprint density at radius 1 is 0.926 bits per heavy atom. The summed E-state index contributed by atoms with van der Waals surface area (Å²) in [7, 11) is 4.89. The van der Waals surface area contributed by atoms with Gasteiger partial charge in [-0.25, -0.2) is 0 Å². The van der Waals surface area contributed by atoms with Crippen molar-refractivity contribution in [3.05, 3.63) is 41.5 Å². The first-order valence-electron chi connectivity index (χ1n) is 9.24. The Hall–Kier alpha value is -2.66. The number of hydrogen-bond donors (Lipinski definition) is 2. The van der Waals surface area contributed by atoms with Gasteiger partial charge in [0, 0.05) is 22.2 Å². The number of aromatic nitrogens is 1. The predicted octanol–water partition coefficient (Wildman–Crippen LogP) is 4.45. The zero-order valence-electron chi connectivity index (χ0n) is 16.5. The fraction of sp³-hybridized carbons (Fsp3) is 0.364. The second-order valence-corrected chi connectivity index (χ2v) is 6.69. The highest BCUT2D eigenvalue weighted by Gasteiger charge is 2.18. The fourth-order valence-corrected chi connectivity index (χ4v) is 3.54. The molecule has 0 fully saturated rings. The summed E-state index contributed by atoms with van der Waals surface area (Å²) in [4.78, 5) is 3.59. The summed E-state index contributed by atoms with van der Waals surface area (Å²) in [5.74, 6) is 1.89. The van der Waals surface area contributed by atoms with Gasteiger partial charge in [-0.15, -0.1) is 0 Å². The average Bonchev–Trinajstić information content (AvgIpc) is 3.04. The molecule has 5 heteroatoms. The number of ether oxygens (including phenoxy) is 3. The van der Waals surface area contributed by atoms with Crippen LogP contribution in [0, 0.1) is 6.92 Å². The van der Waals surface area contributed by atoms with Crippen LogP contribution in [0.3, 0.4) is 0 Å². The smallest absolute Gasteiger partial charge is 0.203 e. The lowest BCUT2D eigenvalue weighted by atomic mass is 9.99. The number of fused-ring (bicyclic) bond motifs is 1. The number of rotatable bonds is 8. The van der Waals surface area contributed by atoms with Gasteiger partial charge in [-0.05, 0) is 62.6 Å². The van der Waals surface area contributed by atoms with E-state index in [0.29, 0.717) is 23.8 Å². The molecule has 0 saturated carbocycles. The van der Waals surface area contributed by atoms with Crippen molar-refractivity contribution in [3.63, 3.8) is 0 Å². The largest absolute Gasteiger partial charge is 0.493 e. The number of aromatic amines is 1. The van der Waals surface area contributed by atoms with E-state index >= 15 is 0 Å². The highest BCUT2D eigenvalue weighted by Crippen LogP contribution is 2.43. The van der Waals surface area contributed by atoms with Crippen LogP contribution < -0.4 is 19.9 Å². The Morgan fingerprint density at radius 3 is 2.22 bits per heavy atom. The van der Waals surface area contributed by atoms with Gasteiger partial charge in [-0.1, -0.05) is 11.6 Å². The monoisotopic (exact) mass is 368 g/mol. The highest BCUT2D eigenvalue weighted by atomic mass is 16.5. The van der Waals surface area contributed by atoms with E-state index in [9.17, 15) is 0 Å². The summed E-state index contributed by atoms with van der Waals surface area (Å²) in [6.45, 7) is 2.83. The van der Waals surface area contributed by atoms with Crippen LogP contribution in [0.4, 0.5) is 0 Å². The third-order valence-corrected chi connectivity index (χ3v) is 4.90. The lowest BCUT2D eigenvalue weighted by Gasteiger charge is -2.14. The third-order valence-electron chi connectivity index (χ3n) is 4.90. The van der Waals surface area contributed by atoms with Gasteiger partial charge >= 0.3 is 0 Å². The van der Waals surface area contributed by atoms with Gasteiger partial charge < -0.3 is 24.9 Å². The highest BCUT2D eigenvalue weighted by molar-refractivity contribution is 5.92. The van der Waals surface area contributed by atoms with Crippen LogP contribution in [-0.2, 0) is 6.42 Å². The van der Waals surface area contributed by atoms with E-state index in [0.717, 1.165) is 36.0 Å². The molecule has 0 aliphatic heterocycles. The van der Waals surface area contributed by atoms with Crippen LogP contribution in [0.1, 0.15) is 24.0 Å². The molecule has 5 nitrogen and oxygen atoms in total. The first kappa shape index (κ1) is 19.1. The second-order valence-electron chi connectivity index (χ2n) is 6.69. The Labute approximate surface area is 160 Å². The molecule has 3 N–H and O–H groups in total. The SMILES string of the molecule is COc1cc(-c2[nH]c3ccc(C)cc3c2CCCCN)cc(OC)c1OC.